The van der Waals surface area contributed by atoms with Crippen molar-refractivity contribution in [1.29, 1.82) is 0 Å². The molecule has 2 rings (SSSR count). The number of hydrogen-bond acceptors (Lipinski definition) is 3. The van der Waals surface area contributed by atoms with Gasteiger partial charge >= 0.3 is 0 Å². The van der Waals surface area contributed by atoms with Gasteiger partial charge < -0.3 is 9.64 Å². The average molecular weight is 310 g/mol. The van der Waals surface area contributed by atoms with Crippen molar-refractivity contribution < 1.29 is 9.53 Å². The predicted molar refractivity (Wildman–Crippen MR) is 87.6 cm³/mol. The van der Waals surface area contributed by atoms with Crippen LogP contribution in [0.3, 0.4) is 0 Å². The molecule has 1 heterocycles. The van der Waals surface area contributed by atoms with Crippen molar-refractivity contribution in [2.75, 3.05) is 24.6 Å². The molecule has 0 amide bonds. The summed E-state index contributed by atoms with van der Waals surface area (Å²) in [6.07, 6.45) is 2.16. The maximum absolute atomic E-state index is 11.8. The van der Waals surface area contributed by atoms with Crippen LogP contribution in [-0.4, -0.2) is 24.9 Å². The van der Waals surface area contributed by atoms with E-state index >= 15 is 0 Å². The van der Waals surface area contributed by atoms with Gasteiger partial charge in [-0.2, -0.15) is 0 Å². The van der Waals surface area contributed by atoms with E-state index in [1.165, 1.54) is 6.42 Å². The molecule has 0 spiro atoms. The van der Waals surface area contributed by atoms with E-state index in [1.807, 2.05) is 12.1 Å². The smallest absolute Gasteiger partial charge is 0.254 e. The van der Waals surface area contributed by atoms with Gasteiger partial charge in [0.05, 0.1) is 17.9 Å². The number of hydrogen-bond donors (Lipinski definition) is 0. The summed E-state index contributed by atoms with van der Waals surface area (Å²) in [5.74, 6) is 1.97. The molecule has 1 aliphatic heterocycles. The Bertz CT molecular complexity index is 494. The third-order valence-corrected chi connectivity index (χ3v) is 4.06. The average Bonchev–Trinajstić information content (AvgIpc) is 2.43. The molecule has 2 atom stereocenters. The van der Waals surface area contributed by atoms with E-state index in [1.54, 1.807) is 6.07 Å². The molecule has 1 aliphatic rings. The molecule has 1 fully saturated rings. The lowest BCUT2D eigenvalue weighted by Gasteiger charge is -2.38. The number of para-hydroxylation sites is 1. The summed E-state index contributed by atoms with van der Waals surface area (Å²) in [4.78, 5) is 14.0. The summed E-state index contributed by atoms with van der Waals surface area (Å²) in [5, 5.41) is -0.419. The zero-order valence-electron chi connectivity index (χ0n) is 13.1. The minimum atomic E-state index is -0.419. The highest BCUT2D eigenvalue weighted by Crippen LogP contribution is 2.37. The maximum atomic E-state index is 11.8. The molecule has 0 aromatic heterocycles. The molecule has 0 saturated carbocycles. The number of anilines is 1. The molecule has 0 radical (unpaired) electrons. The Kier molecular flexibility index (Phi) is 5.51. The zero-order valence-corrected chi connectivity index (χ0v) is 13.8. The van der Waals surface area contributed by atoms with E-state index in [9.17, 15) is 4.79 Å². The highest BCUT2D eigenvalue weighted by Gasteiger charge is 2.27. The van der Waals surface area contributed by atoms with Crippen LogP contribution in [0.5, 0.6) is 5.75 Å². The second-order valence-corrected chi connectivity index (χ2v) is 6.47. The van der Waals surface area contributed by atoms with Gasteiger partial charge in [-0.15, -0.1) is 0 Å². The fourth-order valence-corrected chi connectivity index (χ4v) is 3.33. The van der Waals surface area contributed by atoms with Gasteiger partial charge in [-0.05, 0) is 48.4 Å². The van der Waals surface area contributed by atoms with Crippen molar-refractivity contribution in [2.45, 2.75) is 33.6 Å². The summed E-state index contributed by atoms with van der Waals surface area (Å²) in [6.45, 7) is 9.09. The molecule has 0 bridgehead atoms. The Morgan fingerprint density at radius 3 is 2.57 bits per heavy atom. The van der Waals surface area contributed by atoms with E-state index in [4.69, 9.17) is 16.3 Å². The summed E-state index contributed by atoms with van der Waals surface area (Å²) in [6, 6.07) is 5.55. The number of rotatable bonds is 5. The lowest BCUT2D eigenvalue weighted by atomic mass is 9.91. The largest absolute Gasteiger partial charge is 0.491 e. The minimum Gasteiger partial charge on any atom is -0.491 e. The van der Waals surface area contributed by atoms with Crippen LogP contribution in [-0.2, 0) is 0 Å². The van der Waals surface area contributed by atoms with Crippen molar-refractivity contribution >= 4 is 22.5 Å². The number of ether oxygens (including phenoxy) is 1. The Hall–Kier alpha value is -1.22. The second-order valence-electron chi connectivity index (χ2n) is 6.13. The van der Waals surface area contributed by atoms with Gasteiger partial charge in [0.2, 0.25) is 0 Å². The van der Waals surface area contributed by atoms with Crippen molar-refractivity contribution in [1.82, 2.24) is 0 Å². The van der Waals surface area contributed by atoms with Crippen molar-refractivity contribution in [3.05, 3.63) is 23.8 Å². The van der Waals surface area contributed by atoms with E-state index in [0.29, 0.717) is 24.0 Å². The summed E-state index contributed by atoms with van der Waals surface area (Å²) >= 11 is 5.79. The molecule has 0 N–H and O–H groups in total. The quantitative estimate of drug-likeness (QED) is 0.758. The molecule has 21 heavy (non-hydrogen) atoms. The third-order valence-electron chi connectivity index (χ3n) is 3.86. The SMILES string of the molecule is CCCOc1cccc(C(=O)Cl)c1N1CC(C)CC(C)C1. The van der Waals surface area contributed by atoms with Crippen LogP contribution in [0.2, 0.25) is 0 Å². The molecule has 1 aromatic carbocycles. The highest BCUT2D eigenvalue weighted by molar-refractivity contribution is 6.68. The van der Waals surface area contributed by atoms with Gasteiger partial charge in [0, 0.05) is 13.1 Å². The number of carbonyl (C=O) groups is 1. The minimum absolute atomic E-state index is 0.419. The van der Waals surface area contributed by atoms with Gasteiger partial charge in [0.1, 0.15) is 5.75 Å². The predicted octanol–water partition coefficient (Wildman–Crippen LogP) is 4.34. The molecule has 1 saturated heterocycles. The molecule has 116 valence electrons. The van der Waals surface area contributed by atoms with Gasteiger partial charge in [0.15, 0.2) is 0 Å². The van der Waals surface area contributed by atoms with Crippen molar-refractivity contribution in [3.8, 4) is 5.75 Å². The Balaban J connectivity index is 2.40. The third kappa shape index (κ3) is 3.91. The number of piperidine rings is 1. The van der Waals surface area contributed by atoms with Gasteiger partial charge in [-0.25, -0.2) is 0 Å². The van der Waals surface area contributed by atoms with Crippen LogP contribution >= 0.6 is 11.6 Å². The molecule has 1 aromatic rings. The van der Waals surface area contributed by atoms with Crippen LogP contribution in [0.15, 0.2) is 18.2 Å². The fraction of sp³-hybridized carbons (Fsp3) is 0.588. The first-order chi connectivity index (χ1) is 10.0. The first-order valence-corrected chi connectivity index (χ1v) is 8.11. The Morgan fingerprint density at radius 1 is 1.33 bits per heavy atom. The molecule has 2 unspecified atom stereocenters. The lowest BCUT2D eigenvalue weighted by molar-refractivity contribution is 0.108. The first kappa shape index (κ1) is 16.2. The van der Waals surface area contributed by atoms with Crippen LogP contribution in [0.25, 0.3) is 0 Å². The summed E-state index contributed by atoms with van der Waals surface area (Å²) < 4.78 is 5.85. The molecule has 4 heteroatoms. The van der Waals surface area contributed by atoms with Crippen LogP contribution < -0.4 is 9.64 Å². The number of carbonyl (C=O) groups excluding carboxylic acids is 1. The highest BCUT2D eigenvalue weighted by atomic mass is 35.5. The van der Waals surface area contributed by atoms with Crippen LogP contribution in [0.4, 0.5) is 5.69 Å². The van der Waals surface area contributed by atoms with Crippen molar-refractivity contribution in [3.63, 3.8) is 0 Å². The standard InChI is InChI=1S/C17H24ClNO2/c1-4-8-21-15-7-5-6-14(17(18)20)16(15)19-10-12(2)9-13(3)11-19/h5-7,12-13H,4,8-11H2,1-3H3. The van der Waals surface area contributed by atoms with Gasteiger partial charge in [-0.3, -0.25) is 4.79 Å². The second kappa shape index (κ2) is 7.17. The van der Waals surface area contributed by atoms with Gasteiger partial charge in [-0.1, -0.05) is 26.8 Å². The van der Waals surface area contributed by atoms with E-state index in [2.05, 4.69) is 25.7 Å². The van der Waals surface area contributed by atoms with E-state index < -0.39 is 5.24 Å². The monoisotopic (exact) mass is 309 g/mol. The normalized spacial score (nSPS) is 22.2. The number of halogens is 1. The summed E-state index contributed by atoms with van der Waals surface area (Å²) in [7, 11) is 0. The lowest BCUT2D eigenvalue weighted by Crippen LogP contribution is -2.39. The molecule has 3 nitrogen and oxygen atoms in total. The fourth-order valence-electron chi connectivity index (χ4n) is 3.18. The first-order valence-electron chi connectivity index (χ1n) is 7.73. The van der Waals surface area contributed by atoms with E-state index in [0.717, 1.165) is 30.9 Å². The van der Waals surface area contributed by atoms with E-state index in [-0.39, 0.29) is 0 Å². The Morgan fingerprint density at radius 2 is 2.00 bits per heavy atom. The van der Waals surface area contributed by atoms with Crippen LogP contribution in [0, 0.1) is 11.8 Å². The molecule has 0 aliphatic carbocycles. The summed E-state index contributed by atoms with van der Waals surface area (Å²) in [5.41, 5.74) is 1.41. The zero-order chi connectivity index (χ0) is 15.4. The maximum Gasteiger partial charge on any atom is 0.254 e. The van der Waals surface area contributed by atoms with Crippen molar-refractivity contribution in [2.24, 2.45) is 11.8 Å². The number of benzene rings is 1. The topological polar surface area (TPSA) is 29.5 Å². The number of nitrogens with zero attached hydrogens (tertiary/aromatic N) is 1. The van der Waals surface area contributed by atoms with Crippen LogP contribution in [0.1, 0.15) is 44.0 Å². The Labute approximate surface area is 132 Å². The molecular weight excluding hydrogens is 286 g/mol. The van der Waals surface area contributed by atoms with Gasteiger partial charge in [0.25, 0.3) is 5.24 Å². The molecular formula is C17H24ClNO2.